The van der Waals surface area contributed by atoms with Crippen LogP contribution in [0.3, 0.4) is 0 Å². The summed E-state index contributed by atoms with van der Waals surface area (Å²) in [5.74, 6) is -0.565. The fourth-order valence-corrected chi connectivity index (χ4v) is 4.24. The van der Waals surface area contributed by atoms with Crippen LogP contribution in [0.15, 0.2) is 84.9 Å². The summed E-state index contributed by atoms with van der Waals surface area (Å²) in [7, 11) is 0. The highest BCUT2D eigenvalue weighted by atomic mass is 35.5. The van der Waals surface area contributed by atoms with E-state index in [1.807, 2.05) is 12.1 Å². The van der Waals surface area contributed by atoms with E-state index in [4.69, 9.17) is 11.6 Å². The van der Waals surface area contributed by atoms with E-state index in [9.17, 15) is 9.18 Å². The number of halogens is 2. The van der Waals surface area contributed by atoms with Crippen molar-refractivity contribution in [2.24, 2.45) is 0 Å². The summed E-state index contributed by atoms with van der Waals surface area (Å²) in [6.45, 7) is 2.75. The molecule has 0 unspecified atom stereocenters. The highest BCUT2D eigenvalue weighted by Gasteiger charge is 2.27. The van der Waals surface area contributed by atoms with Gasteiger partial charge in [0.2, 0.25) is 5.91 Å². The Bertz CT molecular complexity index is 988. The molecule has 3 aromatic carbocycles. The second kappa shape index (κ2) is 9.90. The highest BCUT2D eigenvalue weighted by Crippen LogP contribution is 2.29. The van der Waals surface area contributed by atoms with Gasteiger partial charge in [-0.25, -0.2) is 4.39 Å². The molecule has 1 heterocycles. The molecular weight excluding hydrogens is 411 g/mol. The molecule has 5 heteroatoms. The van der Waals surface area contributed by atoms with Crippen LogP contribution in [0, 0.1) is 5.82 Å². The third-order valence-corrected chi connectivity index (χ3v) is 5.94. The van der Waals surface area contributed by atoms with Gasteiger partial charge in [0, 0.05) is 37.8 Å². The minimum absolute atomic E-state index is 0.130. The number of benzene rings is 3. The summed E-state index contributed by atoms with van der Waals surface area (Å²) in [6.07, 6.45) is 2.87. The first-order valence-electron chi connectivity index (χ1n) is 10.4. The Morgan fingerprint density at radius 2 is 1.42 bits per heavy atom. The van der Waals surface area contributed by atoms with Crippen LogP contribution in [-0.4, -0.2) is 41.9 Å². The van der Waals surface area contributed by atoms with Crippen molar-refractivity contribution in [3.63, 3.8) is 0 Å². The van der Waals surface area contributed by atoms with Gasteiger partial charge in [0.1, 0.15) is 5.82 Å². The average molecular weight is 435 g/mol. The van der Waals surface area contributed by atoms with Crippen LogP contribution in [-0.2, 0) is 4.79 Å². The molecule has 158 valence electrons. The molecule has 0 aromatic heterocycles. The Morgan fingerprint density at radius 1 is 0.839 bits per heavy atom. The van der Waals surface area contributed by atoms with Crippen molar-refractivity contribution >= 4 is 23.6 Å². The summed E-state index contributed by atoms with van der Waals surface area (Å²) in [4.78, 5) is 16.9. The van der Waals surface area contributed by atoms with Crippen LogP contribution < -0.4 is 0 Å². The topological polar surface area (TPSA) is 23.6 Å². The summed E-state index contributed by atoms with van der Waals surface area (Å²) in [5.41, 5.74) is 2.72. The Hall–Kier alpha value is -2.95. The van der Waals surface area contributed by atoms with Gasteiger partial charge in [0.05, 0.1) is 11.1 Å². The first-order chi connectivity index (χ1) is 15.1. The number of carbonyl (C=O) groups is 1. The standard InChI is InChI=1S/C26H24ClFN2O/c27-23-12-7-13-24(28)22(23)14-15-25(31)29-16-18-30(19-17-29)26(20-8-3-1-4-9-20)21-10-5-2-6-11-21/h1-15,26H,16-19H2. The number of hydrogen-bond acceptors (Lipinski definition) is 2. The van der Waals surface area contributed by atoms with E-state index in [1.165, 1.54) is 29.3 Å². The number of rotatable bonds is 5. The van der Waals surface area contributed by atoms with Crippen LogP contribution in [0.4, 0.5) is 4.39 Å². The van der Waals surface area contributed by atoms with E-state index in [2.05, 4.69) is 53.4 Å². The molecule has 4 rings (SSSR count). The first-order valence-corrected chi connectivity index (χ1v) is 10.8. The maximum atomic E-state index is 13.9. The van der Waals surface area contributed by atoms with Crippen molar-refractivity contribution in [3.05, 3.63) is 112 Å². The lowest BCUT2D eigenvalue weighted by atomic mass is 9.96. The fraction of sp³-hybridized carbons (Fsp3) is 0.192. The molecule has 1 amide bonds. The Morgan fingerprint density at radius 3 is 1.97 bits per heavy atom. The van der Waals surface area contributed by atoms with Crippen LogP contribution in [0.1, 0.15) is 22.7 Å². The predicted molar refractivity (Wildman–Crippen MR) is 123 cm³/mol. The van der Waals surface area contributed by atoms with E-state index in [0.717, 1.165) is 13.1 Å². The van der Waals surface area contributed by atoms with Crippen LogP contribution >= 0.6 is 11.6 Å². The van der Waals surface area contributed by atoms with Crippen molar-refractivity contribution in [1.82, 2.24) is 9.80 Å². The van der Waals surface area contributed by atoms with Gasteiger partial charge in [-0.05, 0) is 29.3 Å². The first kappa shape index (κ1) is 21.3. The minimum Gasteiger partial charge on any atom is -0.337 e. The summed E-state index contributed by atoms with van der Waals surface area (Å²) < 4.78 is 13.9. The van der Waals surface area contributed by atoms with E-state index in [0.29, 0.717) is 18.1 Å². The van der Waals surface area contributed by atoms with Gasteiger partial charge in [0.25, 0.3) is 0 Å². The van der Waals surface area contributed by atoms with Crippen LogP contribution in [0.5, 0.6) is 0 Å². The quantitative estimate of drug-likeness (QED) is 0.500. The van der Waals surface area contributed by atoms with Crippen molar-refractivity contribution < 1.29 is 9.18 Å². The molecule has 0 atom stereocenters. The largest absolute Gasteiger partial charge is 0.337 e. The maximum absolute atomic E-state index is 13.9. The number of amides is 1. The van der Waals surface area contributed by atoms with Gasteiger partial charge in [0.15, 0.2) is 0 Å². The van der Waals surface area contributed by atoms with E-state index in [-0.39, 0.29) is 17.5 Å². The Balaban J connectivity index is 1.45. The molecule has 0 bridgehead atoms. The van der Waals surface area contributed by atoms with Crippen LogP contribution in [0.25, 0.3) is 6.08 Å². The SMILES string of the molecule is O=C(C=Cc1c(F)cccc1Cl)N1CCN(C(c2ccccc2)c2ccccc2)CC1. The summed E-state index contributed by atoms with van der Waals surface area (Å²) in [5, 5.41) is 0.294. The number of hydrogen-bond donors (Lipinski definition) is 0. The second-order valence-electron chi connectivity index (χ2n) is 7.55. The van der Waals surface area contributed by atoms with Gasteiger partial charge in [-0.1, -0.05) is 78.3 Å². The lowest BCUT2D eigenvalue weighted by Crippen LogP contribution is -2.49. The lowest BCUT2D eigenvalue weighted by Gasteiger charge is -2.39. The molecule has 0 radical (unpaired) electrons. The molecule has 1 aliphatic rings. The lowest BCUT2D eigenvalue weighted by molar-refractivity contribution is -0.127. The van der Waals surface area contributed by atoms with E-state index >= 15 is 0 Å². The molecule has 0 N–H and O–H groups in total. The van der Waals surface area contributed by atoms with Gasteiger partial charge in [-0.15, -0.1) is 0 Å². The number of carbonyl (C=O) groups excluding carboxylic acids is 1. The van der Waals surface area contributed by atoms with Gasteiger partial charge in [-0.2, -0.15) is 0 Å². The molecule has 0 aliphatic carbocycles. The van der Waals surface area contributed by atoms with E-state index in [1.54, 1.807) is 17.0 Å². The zero-order valence-corrected chi connectivity index (χ0v) is 17.9. The zero-order valence-electron chi connectivity index (χ0n) is 17.1. The molecule has 31 heavy (non-hydrogen) atoms. The third kappa shape index (κ3) is 5.04. The number of nitrogens with zero attached hydrogens (tertiary/aromatic N) is 2. The Labute approximate surface area is 187 Å². The maximum Gasteiger partial charge on any atom is 0.246 e. The highest BCUT2D eigenvalue weighted by molar-refractivity contribution is 6.32. The molecule has 0 saturated carbocycles. The summed E-state index contributed by atoms with van der Waals surface area (Å²) >= 11 is 6.05. The second-order valence-corrected chi connectivity index (χ2v) is 7.96. The molecule has 3 nitrogen and oxygen atoms in total. The third-order valence-electron chi connectivity index (χ3n) is 5.61. The predicted octanol–water partition coefficient (Wildman–Crippen LogP) is 5.43. The normalized spacial score (nSPS) is 15.0. The molecule has 1 saturated heterocycles. The molecular formula is C26H24ClFN2O. The fourth-order valence-electron chi connectivity index (χ4n) is 4.02. The molecule has 1 fully saturated rings. The van der Waals surface area contributed by atoms with Gasteiger partial charge >= 0.3 is 0 Å². The minimum atomic E-state index is -0.435. The van der Waals surface area contributed by atoms with Gasteiger partial charge < -0.3 is 4.90 Å². The van der Waals surface area contributed by atoms with Gasteiger partial charge in [-0.3, -0.25) is 9.69 Å². The summed E-state index contributed by atoms with van der Waals surface area (Å²) in [6, 6.07) is 25.5. The molecule has 3 aromatic rings. The Kier molecular flexibility index (Phi) is 6.80. The smallest absolute Gasteiger partial charge is 0.246 e. The number of piperazine rings is 1. The monoisotopic (exact) mass is 434 g/mol. The van der Waals surface area contributed by atoms with Crippen LogP contribution in [0.2, 0.25) is 5.02 Å². The zero-order chi connectivity index (χ0) is 21.6. The van der Waals surface area contributed by atoms with Crippen molar-refractivity contribution in [1.29, 1.82) is 0 Å². The van der Waals surface area contributed by atoms with Crippen molar-refractivity contribution in [2.75, 3.05) is 26.2 Å². The molecule has 1 aliphatic heterocycles. The average Bonchev–Trinajstić information content (AvgIpc) is 2.81. The van der Waals surface area contributed by atoms with E-state index < -0.39 is 5.82 Å². The molecule has 0 spiro atoms. The van der Waals surface area contributed by atoms with Crippen molar-refractivity contribution in [3.8, 4) is 0 Å². The van der Waals surface area contributed by atoms with Crippen molar-refractivity contribution in [2.45, 2.75) is 6.04 Å².